The molecule has 0 bridgehead atoms. The van der Waals surface area contributed by atoms with E-state index in [1.54, 1.807) is 36.4 Å². The Morgan fingerprint density at radius 1 is 1.29 bits per heavy atom. The third-order valence-electron chi connectivity index (χ3n) is 3.72. The van der Waals surface area contributed by atoms with Gasteiger partial charge in [0, 0.05) is 10.7 Å². The summed E-state index contributed by atoms with van der Waals surface area (Å²) >= 11 is 5.78. The maximum Gasteiger partial charge on any atom is 0.325 e. The van der Waals surface area contributed by atoms with Crippen molar-refractivity contribution in [3.8, 4) is 0 Å². The molecule has 24 heavy (non-hydrogen) atoms. The number of halogens is 1. The summed E-state index contributed by atoms with van der Waals surface area (Å²) in [6, 6.07) is 9.06. The number of amides is 4. The summed E-state index contributed by atoms with van der Waals surface area (Å²) in [6.07, 6.45) is 1.41. The van der Waals surface area contributed by atoms with E-state index in [-0.39, 0.29) is 0 Å². The van der Waals surface area contributed by atoms with Gasteiger partial charge in [0.05, 0.1) is 6.26 Å². The van der Waals surface area contributed by atoms with Crippen LogP contribution in [0.4, 0.5) is 10.5 Å². The van der Waals surface area contributed by atoms with Gasteiger partial charge < -0.3 is 15.1 Å². The Morgan fingerprint density at radius 2 is 2.00 bits per heavy atom. The van der Waals surface area contributed by atoms with Crippen molar-refractivity contribution in [1.29, 1.82) is 0 Å². The van der Waals surface area contributed by atoms with Crippen LogP contribution in [0.5, 0.6) is 0 Å². The second kappa shape index (κ2) is 6.01. The lowest BCUT2D eigenvalue weighted by Gasteiger charge is -2.18. The van der Waals surface area contributed by atoms with Crippen molar-refractivity contribution < 1.29 is 18.8 Å². The molecular formula is C16H14ClN3O4. The molecule has 1 aliphatic heterocycles. The van der Waals surface area contributed by atoms with Crippen molar-refractivity contribution in [3.05, 3.63) is 53.4 Å². The number of hydrogen-bond acceptors (Lipinski definition) is 4. The summed E-state index contributed by atoms with van der Waals surface area (Å²) in [7, 11) is 0. The lowest BCUT2D eigenvalue weighted by Crippen LogP contribution is -2.41. The minimum Gasteiger partial charge on any atom is -0.466 e. The first-order valence-corrected chi connectivity index (χ1v) is 7.51. The van der Waals surface area contributed by atoms with E-state index >= 15 is 0 Å². The maximum absolute atomic E-state index is 12.6. The predicted octanol–water partition coefficient (Wildman–Crippen LogP) is 2.34. The highest BCUT2D eigenvalue weighted by Gasteiger charge is 2.51. The Morgan fingerprint density at radius 3 is 2.62 bits per heavy atom. The van der Waals surface area contributed by atoms with E-state index in [1.165, 1.54) is 13.2 Å². The molecule has 4 amide bonds. The molecule has 1 fully saturated rings. The summed E-state index contributed by atoms with van der Waals surface area (Å²) in [5.41, 5.74) is -0.800. The zero-order valence-electron chi connectivity index (χ0n) is 12.7. The van der Waals surface area contributed by atoms with Crippen LogP contribution in [0.1, 0.15) is 12.7 Å². The van der Waals surface area contributed by atoms with Gasteiger partial charge in [-0.25, -0.2) is 4.79 Å². The van der Waals surface area contributed by atoms with E-state index < -0.39 is 29.9 Å². The summed E-state index contributed by atoms with van der Waals surface area (Å²) < 4.78 is 5.22. The predicted molar refractivity (Wildman–Crippen MR) is 86.4 cm³/mol. The number of carbonyl (C=O) groups excluding carboxylic acids is 3. The van der Waals surface area contributed by atoms with Crippen LogP contribution in [0.2, 0.25) is 5.02 Å². The van der Waals surface area contributed by atoms with Gasteiger partial charge in [0.1, 0.15) is 12.3 Å². The molecule has 2 aromatic rings. The number of furan rings is 1. The first-order valence-electron chi connectivity index (χ1n) is 7.13. The number of hydrogen-bond donors (Lipinski definition) is 2. The summed E-state index contributed by atoms with van der Waals surface area (Å²) in [4.78, 5) is 37.6. The highest BCUT2D eigenvalue weighted by Crippen LogP contribution is 2.28. The molecule has 3 rings (SSSR count). The Balaban J connectivity index is 1.71. The summed E-state index contributed by atoms with van der Waals surface area (Å²) in [6.45, 7) is 1.13. The molecule has 8 heteroatoms. The van der Waals surface area contributed by atoms with Gasteiger partial charge in [-0.1, -0.05) is 11.6 Å². The fourth-order valence-electron chi connectivity index (χ4n) is 2.45. The molecule has 1 aromatic heterocycles. The van der Waals surface area contributed by atoms with Gasteiger partial charge in [-0.15, -0.1) is 0 Å². The van der Waals surface area contributed by atoms with Crippen LogP contribution in [0.3, 0.4) is 0 Å². The van der Waals surface area contributed by atoms with Crippen LogP contribution >= 0.6 is 11.6 Å². The SMILES string of the molecule is C[C@]1(c2ccco2)NC(=O)N(CC(=O)Nc2ccc(Cl)cc2)C1=O. The molecule has 124 valence electrons. The smallest absolute Gasteiger partial charge is 0.325 e. The van der Waals surface area contributed by atoms with E-state index in [0.29, 0.717) is 16.5 Å². The van der Waals surface area contributed by atoms with Crippen molar-refractivity contribution in [1.82, 2.24) is 10.2 Å². The second-order valence-corrected chi connectivity index (χ2v) is 5.92. The number of nitrogens with zero attached hydrogens (tertiary/aromatic N) is 1. The van der Waals surface area contributed by atoms with Crippen LogP contribution in [0.25, 0.3) is 0 Å². The first-order chi connectivity index (χ1) is 11.4. The van der Waals surface area contributed by atoms with Gasteiger partial charge in [-0.3, -0.25) is 14.5 Å². The fourth-order valence-corrected chi connectivity index (χ4v) is 2.57. The Hall–Kier alpha value is -2.80. The molecule has 2 N–H and O–H groups in total. The normalized spacial score (nSPS) is 20.2. The highest BCUT2D eigenvalue weighted by molar-refractivity contribution is 6.30. The van der Waals surface area contributed by atoms with Gasteiger partial charge in [-0.05, 0) is 43.3 Å². The molecule has 7 nitrogen and oxygen atoms in total. The second-order valence-electron chi connectivity index (χ2n) is 5.48. The minimum atomic E-state index is -1.32. The highest BCUT2D eigenvalue weighted by atomic mass is 35.5. The van der Waals surface area contributed by atoms with Gasteiger partial charge in [0.25, 0.3) is 5.91 Å². The van der Waals surface area contributed by atoms with Gasteiger partial charge in [-0.2, -0.15) is 0 Å². The molecule has 1 saturated heterocycles. The molecule has 1 aromatic carbocycles. The Labute approximate surface area is 142 Å². The van der Waals surface area contributed by atoms with Crippen LogP contribution in [-0.2, 0) is 15.1 Å². The van der Waals surface area contributed by atoms with Gasteiger partial charge >= 0.3 is 6.03 Å². The van der Waals surface area contributed by atoms with E-state index in [1.807, 2.05) is 0 Å². The topological polar surface area (TPSA) is 91.7 Å². The van der Waals surface area contributed by atoms with Crippen LogP contribution in [0, 0.1) is 0 Å². The zero-order chi connectivity index (χ0) is 17.3. The number of benzene rings is 1. The third-order valence-corrected chi connectivity index (χ3v) is 3.97. The van der Waals surface area contributed by atoms with Gasteiger partial charge in [0.15, 0.2) is 5.54 Å². The molecule has 2 heterocycles. The summed E-state index contributed by atoms with van der Waals surface area (Å²) in [5.74, 6) is -0.736. The minimum absolute atomic E-state index is 0.307. The number of rotatable bonds is 4. The number of anilines is 1. The quantitative estimate of drug-likeness (QED) is 0.830. The zero-order valence-corrected chi connectivity index (χ0v) is 13.5. The molecule has 0 aliphatic carbocycles. The van der Waals surface area contributed by atoms with Crippen molar-refractivity contribution in [3.63, 3.8) is 0 Å². The number of urea groups is 1. The number of nitrogens with one attached hydrogen (secondary N) is 2. The molecule has 0 spiro atoms. The van der Waals surface area contributed by atoms with Crippen molar-refractivity contribution in [2.24, 2.45) is 0 Å². The van der Waals surface area contributed by atoms with E-state index in [2.05, 4.69) is 10.6 Å². The number of carbonyl (C=O) groups is 3. The van der Waals surface area contributed by atoms with Crippen molar-refractivity contribution in [2.75, 3.05) is 11.9 Å². The van der Waals surface area contributed by atoms with Gasteiger partial charge in [0.2, 0.25) is 5.91 Å². The average Bonchev–Trinajstić information content (AvgIpc) is 3.14. The van der Waals surface area contributed by atoms with Crippen LogP contribution in [0.15, 0.2) is 47.1 Å². The Bertz CT molecular complexity index is 788. The first kappa shape index (κ1) is 16.1. The van der Waals surface area contributed by atoms with E-state index in [9.17, 15) is 14.4 Å². The van der Waals surface area contributed by atoms with E-state index in [0.717, 1.165) is 4.90 Å². The maximum atomic E-state index is 12.6. The van der Waals surface area contributed by atoms with Crippen LogP contribution in [-0.4, -0.2) is 29.3 Å². The molecule has 0 saturated carbocycles. The molecule has 0 radical (unpaired) electrons. The lowest BCUT2D eigenvalue weighted by atomic mass is 9.99. The summed E-state index contributed by atoms with van der Waals surface area (Å²) in [5, 5.41) is 5.70. The molecular weight excluding hydrogens is 334 g/mol. The lowest BCUT2D eigenvalue weighted by molar-refractivity contribution is -0.134. The van der Waals surface area contributed by atoms with Crippen LogP contribution < -0.4 is 10.6 Å². The monoisotopic (exact) mass is 347 g/mol. The molecule has 1 aliphatic rings. The largest absolute Gasteiger partial charge is 0.466 e. The molecule has 1 atom stereocenters. The van der Waals surface area contributed by atoms with E-state index in [4.69, 9.17) is 16.0 Å². The number of imide groups is 1. The molecule has 0 unspecified atom stereocenters. The Kier molecular flexibility index (Phi) is 4.02. The van der Waals surface area contributed by atoms with Crippen molar-refractivity contribution in [2.45, 2.75) is 12.5 Å². The average molecular weight is 348 g/mol. The standard InChI is InChI=1S/C16H14ClN3O4/c1-16(12-3-2-8-24-12)14(22)20(15(23)19-16)9-13(21)18-11-6-4-10(17)5-7-11/h2-8H,9H2,1H3,(H,18,21)(H,19,23)/t16-/m1/s1. The van der Waals surface area contributed by atoms with Crippen molar-refractivity contribution >= 4 is 35.1 Å². The fraction of sp³-hybridized carbons (Fsp3) is 0.188. The third kappa shape index (κ3) is 2.85.